The zero-order valence-corrected chi connectivity index (χ0v) is 14.3. The maximum absolute atomic E-state index is 11.3. The molecule has 0 unspecified atom stereocenters. The number of nitrogens with one attached hydrogen (secondary N) is 1. The van der Waals surface area contributed by atoms with E-state index in [1.165, 1.54) is 25.7 Å². The van der Waals surface area contributed by atoms with Crippen LogP contribution in [-0.2, 0) is 10.0 Å². The fourth-order valence-electron chi connectivity index (χ4n) is 2.86. The van der Waals surface area contributed by atoms with Crippen LogP contribution in [0, 0.1) is 11.8 Å². The van der Waals surface area contributed by atoms with Crippen LogP contribution in [0.25, 0.3) is 6.08 Å². The van der Waals surface area contributed by atoms with E-state index in [9.17, 15) is 8.42 Å². The number of hydrogen-bond acceptors (Lipinski definition) is 3. The second-order valence-corrected chi connectivity index (χ2v) is 7.96. The summed E-state index contributed by atoms with van der Waals surface area (Å²) >= 11 is 0. The van der Waals surface area contributed by atoms with E-state index in [0.717, 1.165) is 23.5 Å². The number of hydrogen-bond donors (Lipinski definition) is 1. The van der Waals surface area contributed by atoms with Gasteiger partial charge in [0.2, 0.25) is 10.0 Å². The van der Waals surface area contributed by atoms with Gasteiger partial charge in [0, 0.05) is 11.3 Å². The van der Waals surface area contributed by atoms with Gasteiger partial charge < -0.3 is 4.74 Å². The standard InChI is InChI=1S/C17H25NO3S/c1-13-4-6-14(7-5-13)8-9-15-12-16(18-22(3,19)20)10-11-17(15)21-2/h8-14,18H,4-7H2,1-3H3/b9-8+/t13-,14+. The lowest BCUT2D eigenvalue weighted by Crippen LogP contribution is -2.10. The van der Waals surface area contributed by atoms with Crippen LogP contribution < -0.4 is 9.46 Å². The number of benzene rings is 1. The number of rotatable bonds is 5. The van der Waals surface area contributed by atoms with Crippen molar-refractivity contribution in [3.8, 4) is 5.75 Å². The minimum absolute atomic E-state index is 0.556. The molecule has 0 bridgehead atoms. The van der Waals surface area contributed by atoms with Gasteiger partial charge in [0.05, 0.1) is 13.4 Å². The molecule has 0 amide bonds. The largest absolute Gasteiger partial charge is 0.496 e. The van der Waals surface area contributed by atoms with Gasteiger partial charge in [-0.15, -0.1) is 0 Å². The molecule has 22 heavy (non-hydrogen) atoms. The molecule has 1 aliphatic carbocycles. The Morgan fingerprint density at radius 3 is 2.50 bits per heavy atom. The fourth-order valence-corrected chi connectivity index (χ4v) is 3.42. The van der Waals surface area contributed by atoms with Crippen LogP contribution in [0.2, 0.25) is 0 Å². The molecule has 0 spiro atoms. The summed E-state index contributed by atoms with van der Waals surface area (Å²) in [5, 5.41) is 0. The van der Waals surface area contributed by atoms with Crippen molar-refractivity contribution in [1.82, 2.24) is 0 Å². The lowest BCUT2D eigenvalue weighted by molar-refractivity contribution is 0.331. The van der Waals surface area contributed by atoms with Gasteiger partial charge in [-0.05, 0) is 42.9 Å². The molecule has 1 aliphatic rings. The summed E-state index contributed by atoms with van der Waals surface area (Å²) in [5.74, 6) is 2.19. The summed E-state index contributed by atoms with van der Waals surface area (Å²) in [6, 6.07) is 5.30. The number of allylic oxidation sites excluding steroid dienone is 1. The van der Waals surface area contributed by atoms with Gasteiger partial charge in [-0.1, -0.05) is 31.9 Å². The SMILES string of the molecule is COc1ccc(NS(C)(=O)=O)cc1/C=C/[C@H]1CC[C@@H](C)CC1. The average Bonchev–Trinajstić information content (AvgIpc) is 2.45. The van der Waals surface area contributed by atoms with Gasteiger partial charge >= 0.3 is 0 Å². The molecule has 5 heteroatoms. The van der Waals surface area contributed by atoms with Crippen LogP contribution in [0.1, 0.15) is 38.2 Å². The molecule has 0 atom stereocenters. The molecule has 1 saturated carbocycles. The van der Waals surface area contributed by atoms with E-state index in [4.69, 9.17) is 4.74 Å². The van der Waals surface area contributed by atoms with E-state index in [-0.39, 0.29) is 0 Å². The number of ether oxygens (including phenoxy) is 1. The second kappa shape index (κ2) is 7.18. The smallest absolute Gasteiger partial charge is 0.229 e. The lowest BCUT2D eigenvalue weighted by Gasteiger charge is -2.23. The molecule has 0 saturated heterocycles. The van der Waals surface area contributed by atoms with Crippen molar-refractivity contribution in [2.75, 3.05) is 18.1 Å². The van der Waals surface area contributed by atoms with Gasteiger partial charge in [0.1, 0.15) is 5.75 Å². The van der Waals surface area contributed by atoms with Crippen molar-refractivity contribution in [3.05, 3.63) is 29.8 Å². The predicted octanol–water partition coefficient (Wildman–Crippen LogP) is 3.91. The first-order valence-electron chi connectivity index (χ1n) is 7.71. The molecular formula is C17H25NO3S. The summed E-state index contributed by atoms with van der Waals surface area (Å²) in [6.07, 6.45) is 10.4. The highest BCUT2D eigenvalue weighted by Crippen LogP contribution is 2.31. The van der Waals surface area contributed by atoms with Crippen molar-refractivity contribution in [3.63, 3.8) is 0 Å². The Hall–Kier alpha value is -1.49. The van der Waals surface area contributed by atoms with Crippen LogP contribution >= 0.6 is 0 Å². The van der Waals surface area contributed by atoms with E-state index in [1.54, 1.807) is 19.2 Å². The molecule has 0 heterocycles. The monoisotopic (exact) mass is 323 g/mol. The predicted molar refractivity (Wildman–Crippen MR) is 91.6 cm³/mol. The highest BCUT2D eigenvalue weighted by molar-refractivity contribution is 7.92. The van der Waals surface area contributed by atoms with Crippen LogP contribution in [0.3, 0.4) is 0 Å². The highest BCUT2D eigenvalue weighted by atomic mass is 32.2. The van der Waals surface area contributed by atoms with Gasteiger partial charge in [0.25, 0.3) is 0 Å². The maximum atomic E-state index is 11.3. The van der Waals surface area contributed by atoms with E-state index < -0.39 is 10.0 Å². The molecule has 122 valence electrons. The summed E-state index contributed by atoms with van der Waals surface area (Å²) < 4.78 is 30.5. The van der Waals surface area contributed by atoms with E-state index in [2.05, 4.69) is 17.7 Å². The molecular weight excluding hydrogens is 298 g/mol. The first kappa shape index (κ1) is 16.9. The Bertz CT molecular complexity index is 629. The Labute approximate surface area is 133 Å². The van der Waals surface area contributed by atoms with Crippen LogP contribution in [-0.4, -0.2) is 21.8 Å². The average molecular weight is 323 g/mol. The third kappa shape index (κ3) is 5.05. The van der Waals surface area contributed by atoms with Crippen molar-refractivity contribution in [1.29, 1.82) is 0 Å². The molecule has 4 nitrogen and oxygen atoms in total. The van der Waals surface area contributed by atoms with Crippen LogP contribution in [0.5, 0.6) is 5.75 Å². The third-order valence-electron chi connectivity index (χ3n) is 4.14. The molecule has 1 aromatic carbocycles. The Balaban J connectivity index is 2.15. The molecule has 1 N–H and O–H groups in total. The molecule has 0 radical (unpaired) electrons. The van der Waals surface area contributed by atoms with E-state index >= 15 is 0 Å². The zero-order chi connectivity index (χ0) is 16.2. The molecule has 1 fully saturated rings. The number of methoxy groups -OCH3 is 1. The minimum atomic E-state index is -3.27. The Morgan fingerprint density at radius 2 is 1.91 bits per heavy atom. The third-order valence-corrected chi connectivity index (χ3v) is 4.75. The van der Waals surface area contributed by atoms with Gasteiger partial charge in [-0.25, -0.2) is 8.42 Å². The molecule has 1 aromatic rings. The number of sulfonamides is 1. The maximum Gasteiger partial charge on any atom is 0.229 e. The topological polar surface area (TPSA) is 55.4 Å². The highest BCUT2D eigenvalue weighted by Gasteiger charge is 2.16. The van der Waals surface area contributed by atoms with Crippen molar-refractivity contribution >= 4 is 21.8 Å². The molecule has 0 aliphatic heterocycles. The first-order valence-corrected chi connectivity index (χ1v) is 9.60. The fraction of sp³-hybridized carbons (Fsp3) is 0.529. The van der Waals surface area contributed by atoms with E-state index in [1.807, 2.05) is 12.1 Å². The number of anilines is 1. The van der Waals surface area contributed by atoms with Crippen molar-refractivity contribution in [2.45, 2.75) is 32.6 Å². The summed E-state index contributed by atoms with van der Waals surface area (Å²) in [5.41, 5.74) is 1.45. The van der Waals surface area contributed by atoms with Gasteiger partial charge in [-0.2, -0.15) is 0 Å². The normalized spacial score (nSPS) is 22.7. The van der Waals surface area contributed by atoms with Crippen LogP contribution in [0.4, 0.5) is 5.69 Å². The van der Waals surface area contributed by atoms with Gasteiger partial charge in [-0.3, -0.25) is 4.72 Å². The quantitative estimate of drug-likeness (QED) is 0.894. The van der Waals surface area contributed by atoms with Crippen molar-refractivity contribution < 1.29 is 13.2 Å². The summed E-state index contributed by atoms with van der Waals surface area (Å²) in [4.78, 5) is 0. The molecule has 0 aromatic heterocycles. The summed E-state index contributed by atoms with van der Waals surface area (Å²) in [6.45, 7) is 2.31. The second-order valence-electron chi connectivity index (χ2n) is 6.21. The Morgan fingerprint density at radius 1 is 1.23 bits per heavy atom. The Kier molecular flexibility index (Phi) is 5.51. The summed E-state index contributed by atoms with van der Waals surface area (Å²) in [7, 11) is -1.65. The zero-order valence-electron chi connectivity index (χ0n) is 13.5. The van der Waals surface area contributed by atoms with Gasteiger partial charge in [0.15, 0.2) is 0 Å². The van der Waals surface area contributed by atoms with Crippen molar-refractivity contribution in [2.24, 2.45) is 11.8 Å². The molecule has 2 rings (SSSR count). The lowest BCUT2D eigenvalue weighted by atomic mass is 9.83. The first-order chi connectivity index (χ1) is 10.4. The van der Waals surface area contributed by atoms with Crippen LogP contribution in [0.15, 0.2) is 24.3 Å². The van der Waals surface area contributed by atoms with E-state index in [0.29, 0.717) is 11.6 Å². The minimum Gasteiger partial charge on any atom is -0.496 e.